The number of carbonyl (C=O) groups is 2. The number of ether oxygens (including phenoxy) is 12. The highest BCUT2D eigenvalue weighted by Crippen LogP contribution is 2.67. The molecule has 0 bridgehead atoms. The molecule has 0 aliphatic heterocycles. The van der Waals surface area contributed by atoms with Gasteiger partial charge >= 0.3 is 5.97 Å². The molecule has 4 aliphatic rings. The highest BCUT2D eigenvalue weighted by atomic mass is 32.2. The number of aliphatic carboxylic acids is 1. The summed E-state index contributed by atoms with van der Waals surface area (Å²) >= 11 is 1.18. The first-order chi connectivity index (χ1) is 36.0. The van der Waals surface area contributed by atoms with Gasteiger partial charge in [0.2, 0.25) is 5.91 Å². The monoisotopic (exact) mass is 1070 g/mol. The number of carboxylic acids is 1. The molecule has 18 heteroatoms. The zero-order chi connectivity index (χ0) is 53.1. The van der Waals surface area contributed by atoms with Gasteiger partial charge in [0.15, 0.2) is 0 Å². The number of nitrogens with two attached hydrogens (primary N) is 1. The van der Waals surface area contributed by atoms with Crippen molar-refractivity contribution in [2.75, 3.05) is 170 Å². The van der Waals surface area contributed by atoms with E-state index in [9.17, 15) is 9.59 Å². The lowest BCUT2D eigenvalue weighted by Crippen LogP contribution is -2.51. The smallest absolute Gasteiger partial charge is 0.321 e. The highest BCUT2D eigenvalue weighted by molar-refractivity contribution is 8.00. The quantitative estimate of drug-likeness (QED) is 0.0421. The van der Waals surface area contributed by atoms with E-state index < -0.39 is 12.0 Å². The number of thioether (sulfide) groups is 1. The molecule has 4 aliphatic carbocycles. The van der Waals surface area contributed by atoms with Gasteiger partial charge in [-0.3, -0.25) is 9.59 Å². The maximum atomic E-state index is 11.7. The van der Waals surface area contributed by atoms with Crippen LogP contribution in [-0.4, -0.2) is 199 Å². The van der Waals surface area contributed by atoms with Gasteiger partial charge in [0.25, 0.3) is 0 Å². The molecule has 17 nitrogen and oxygen atoms in total. The van der Waals surface area contributed by atoms with E-state index in [0.717, 1.165) is 48.3 Å². The molecule has 4 rings (SSSR count). The summed E-state index contributed by atoms with van der Waals surface area (Å²) in [6.07, 6.45) is 17.8. The molecule has 0 aromatic heterocycles. The maximum Gasteiger partial charge on any atom is 0.321 e. The van der Waals surface area contributed by atoms with Crippen molar-refractivity contribution in [1.29, 1.82) is 0 Å². The average Bonchev–Trinajstić information content (AvgIpc) is 3.74. The molecule has 1 amide bonds. The van der Waals surface area contributed by atoms with Crippen LogP contribution in [0.1, 0.15) is 105 Å². The lowest BCUT2D eigenvalue weighted by molar-refractivity contribution is -0.138. The van der Waals surface area contributed by atoms with Gasteiger partial charge in [-0.1, -0.05) is 65.5 Å². The van der Waals surface area contributed by atoms with Crippen LogP contribution in [0.25, 0.3) is 0 Å². The Morgan fingerprint density at radius 1 is 0.635 bits per heavy atom. The minimum Gasteiger partial charge on any atom is -0.480 e. The lowest BCUT2D eigenvalue weighted by atomic mass is 9.47. The third kappa shape index (κ3) is 25.1. The zero-order valence-corrected chi connectivity index (χ0v) is 47.3. The molecular weight excluding hydrogens is 973 g/mol. The summed E-state index contributed by atoms with van der Waals surface area (Å²) in [5.41, 5.74) is 8.00. The Morgan fingerprint density at radius 2 is 1.11 bits per heavy atom. The molecule has 3 saturated carbocycles. The van der Waals surface area contributed by atoms with Crippen molar-refractivity contribution in [3.8, 4) is 0 Å². The van der Waals surface area contributed by atoms with E-state index in [0.29, 0.717) is 175 Å². The molecule has 0 aromatic carbocycles. The summed E-state index contributed by atoms with van der Waals surface area (Å²) in [5.74, 6) is 4.30. The molecular formula is C56H102N2O15S. The predicted molar refractivity (Wildman–Crippen MR) is 288 cm³/mol. The fourth-order valence-electron chi connectivity index (χ4n) is 12.0. The highest BCUT2D eigenvalue weighted by Gasteiger charge is 2.59. The molecule has 432 valence electrons. The molecule has 0 heterocycles. The summed E-state index contributed by atoms with van der Waals surface area (Å²) in [5, 5.41) is 11.4. The molecule has 4 N–H and O–H groups in total. The molecule has 0 saturated heterocycles. The summed E-state index contributed by atoms with van der Waals surface area (Å²) < 4.78 is 67.6. The van der Waals surface area contributed by atoms with Crippen LogP contribution in [0.5, 0.6) is 0 Å². The number of hydrogen-bond acceptors (Lipinski definition) is 16. The van der Waals surface area contributed by atoms with Gasteiger partial charge in [0.05, 0.1) is 164 Å². The number of fused-ring (bicyclic) bond motifs is 5. The molecule has 0 spiro atoms. The predicted octanol–water partition coefficient (Wildman–Crippen LogP) is 6.86. The van der Waals surface area contributed by atoms with Crippen LogP contribution in [-0.2, 0) is 66.4 Å². The first-order valence-corrected chi connectivity index (χ1v) is 29.6. The molecule has 1 unspecified atom stereocenters. The van der Waals surface area contributed by atoms with Gasteiger partial charge in [-0.05, 0) is 97.7 Å². The van der Waals surface area contributed by atoms with Gasteiger partial charge in [0, 0.05) is 12.3 Å². The fourth-order valence-corrected chi connectivity index (χ4v) is 12.8. The van der Waals surface area contributed by atoms with Crippen LogP contribution < -0.4 is 11.1 Å². The van der Waals surface area contributed by atoms with Gasteiger partial charge < -0.3 is 73.0 Å². The third-order valence-corrected chi connectivity index (χ3v) is 17.0. The fraction of sp³-hybridized carbons (Fsp3) is 0.929. The average molecular weight is 1080 g/mol. The van der Waals surface area contributed by atoms with E-state index in [1.165, 1.54) is 69.5 Å². The standard InChI is InChI=1S/C56H102N2O15S/c1-44(2)7-6-8-45(3)49-11-12-50-48-10-9-46-41-47(13-15-55(46,4)51(48)14-16-56(49,50)5)73-40-39-72-38-37-71-36-35-70-34-33-69-32-31-68-30-29-67-28-27-66-26-25-65-24-23-64-22-21-63-20-19-62-18-17-58-53(59)43-74-42-52(57)54(60)61/h9,44-45,47-52H,6-8,10-43,57H2,1-5H3,(H,58,59)(H,60,61)/t45-,47?,48+,49-,50+,51+,52+,55+,56-/m1/s1. The van der Waals surface area contributed by atoms with Crippen LogP contribution in [0.2, 0.25) is 0 Å². The summed E-state index contributed by atoms with van der Waals surface area (Å²) in [6, 6.07) is -0.972. The van der Waals surface area contributed by atoms with Crippen molar-refractivity contribution in [2.45, 2.75) is 117 Å². The number of allylic oxidation sites excluding steroid dienone is 1. The van der Waals surface area contributed by atoms with Crippen LogP contribution in [0.4, 0.5) is 0 Å². The van der Waals surface area contributed by atoms with Crippen molar-refractivity contribution < 1.29 is 71.5 Å². The van der Waals surface area contributed by atoms with Crippen molar-refractivity contribution in [3.05, 3.63) is 11.6 Å². The maximum absolute atomic E-state index is 11.7. The molecule has 0 radical (unpaired) electrons. The number of rotatable bonds is 47. The largest absolute Gasteiger partial charge is 0.480 e. The second-order valence-electron chi connectivity index (χ2n) is 21.6. The SMILES string of the molecule is CC(C)CCC[C@@H](C)[C@H]1CC[C@H]2[C@@H]3CC=C4CC(OCCOCCOCCOCCOCCOCCOCCOCCOCCOCCOCCOCCNC(=O)CSC[C@H](N)C(=O)O)CC[C@]4(C)[C@H]3CC[C@]12C. The Hall–Kier alpha value is -1.49. The third-order valence-electron chi connectivity index (χ3n) is 16.0. The van der Waals surface area contributed by atoms with Gasteiger partial charge in [0.1, 0.15) is 6.04 Å². The second-order valence-corrected chi connectivity index (χ2v) is 22.6. The second kappa shape index (κ2) is 39.0. The number of hydrogen-bond donors (Lipinski definition) is 3. The topological polar surface area (TPSA) is 203 Å². The Balaban J connectivity index is 0.812. The number of carboxylic acid groups (broad SMARTS) is 1. The minimum absolute atomic E-state index is 0.151. The number of nitrogens with one attached hydrogen (secondary N) is 1. The van der Waals surface area contributed by atoms with Crippen LogP contribution in [0, 0.1) is 46.3 Å². The lowest BCUT2D eigenvalue weighted by Gasteiger charge is -2.58. The van der Waals surface area contributed by atoms with Crippen molar-refractivity contribution in [1.82, 2.24) is 5.32 Å². The van der Waals surface area contributed by atoms with Crippen LogP contribution in [0.15, 0.2) is 11.6 Å². The number of amides is 1. The van der Waals surface area contributed by atoms with E-state index in [2.05, 4.69) is 46.0 Å². The molecule has 9 atom stereocenters. The first-order valence-electron chi connectivity index (χ1n) is 28.4. The first kappa shape index (κ1) is 65.0. The molecule has 0 aromatic rings. The van der Waals surface area contributed by atoms with E-state index in [-0.39, 0.29) is 17.4 Å². The zero-order valence-electron chi connectivity index (χ0n) is 46.5. The molecule has 74 heavy (non-hydrogen) atoms. The van der Waals surface area contributed by atoms with E-state index >= 15 is 0 Å². The van der Waals surface area contributed by atoms with Gasteiger partial charge in [-0.15, -0.1) is 11.8 Å². The Labute approximate surface area is 450 Å². The van der Waals surface area contributed by atoms with Crippen molar-refractivity contribution in [3.63, 3.8) is 0 Å². The summed E-state index contributed by atoms with van der Waals surface area (Å²) in [6.45, 7) is 24.3. The van der Waals surface area contributed by atoms with E-state index in [4.69, 9.17) is 67.7 Å². The van der Waals surface area contributed by atoms with Crippen LogP contribution in [0.3, 0.4) is 0 Å². The van der Waals surface area contributed by atoms with Crippen molar-refractivity contribution in [2.24, 2.45) is 52.1 Å². The molecule has 3 fully saturated rings. The Bertz CT molecular complexity index is 1500. The van der Waals surface area contributed by atoms with E-state index in [1.54, 1.807) is 5.57 Å². The summed E-state index contributed by atoms with van der Waals surface area (Å²) in [4.78, 5) is 22.4. The Kier molecular flexibility index (Phi) is 34.3. The normalized spacial score (nSPS) is 25.3. The van der Waals surface area contributed by atoms with Gasteiger partial charge in [-0.2, -0.15) is 0 Å². The number of carbonyl (C=O) groups excluding carboxylic acids is 1. The summed E-state index contributed by atoms with van der Waals surface area (Å²) in [7, 11) is 0. The minimum atomic E-state index is -1.08. The van der Waals surface area contributed by atoms with Gasteiger partial charge in [-0.25, -0.2) is 0 Å². The van der Waals surface area contributed by atoms with Crippen molar-refractivity contribution >= 4 is 23.6 Å². The Morgan fingerprint density at radius 3 is 1.58 bits per heavy atom. The van der Waals surface area contributed by atoms with E-state index in [1.807, 2.05) is 0 Å². The van der Waals surface area contributed by atoms with Crippen LogP contribution >= 0.6 is 11.8 Å².